The van der Waals surface area contributed by atoms with E-state index in [0.29, 0.717) is 17.7 Å². The second-order valence-corrected chi connectivity index (χ2v) is 3.73. The van der Waals surface area contributed by atoms with Crippen molar-refractivity contribution in [3.05, 3.63) is 22.8 Å². The highest BCUT2D eigenvalue weighted by atomic mass is 32.2. The van der Waals surface area contributed by atoms with Crippen molar-refractivity contribution < 1.29 is 13.6 Å². The zero-order chi connectivity index (χ0) is 9.84. The fraction of sp³-hybridized carbons (Fsp3) is 0.375. The number of rotatable bonds is 2. The Balaban J connectivity index is 2.65. The van der Waals surface area contributed by atoms with Crippen molar-refractivity contribution in [1.82, 2.24) is 5.32 Å². The molecule has 0 heterocycles. The minimum absolute atomic E-state index is 0.133. The van der Waals surface area contributed by atoms with Crippen molar-refractivity contribution in [3.63, 3.8) is 0 Å². The maximum Gasteiger partial charge on any atom is 0.220 e. The lowest BCUT2D eigenvalue weighted by Crippen LogP contribution is -2.20. The molecule has 0 fully saturated rings. The summed E-state index contributed by atoms with van der Waals surface area (Å²) in [5, 5.41) is 2.62. The first-order chi connectivity index (χ1) is 6.09. The molecule has 0 saturated heterocycles. The molecule has 4 nitrogen and oxygen atoms in total. The zero-order valence-corrected chi connectivity index (χ0v) is 8.02. The second kappa shape index (κ2) is 4.34. The molecule has 13 heavy (non-hydrogen) atoms. The summed E-state index contributed by atoms with van der Waals surface area (Å²) in [5.74, 6) is -0.133. The highest BCUT2D eigenvalue weighted by Crippen LogP contribution is 2.18. The lowest BCUT2D eigenvalue weighted by Gasteiger charge is -2.16. The van der Waals surface area contributed by atoms with E-state index in [0.717, 1.165) is 5.70 Å². The van der Waals surface area contributed by atoms with Crippen molar-refractivity contribution in [2.45, 2.75) is 19.8 Å². The van der Waals surface area contributed by atoms with Gasteiger partial charge >= 0.3 is 0 Å². The summed E-state index contributed by atoms with van der Waals surface area (Å²) in [6.45, 7) is 1.42. The van der Waals surface area contributed by atoms with Crippen LogP contribution in [-0.2, 0) is 15.9 Å². The van der Waals surface area contributed by atoms with Gasteiger partial charge in [-0.2, -0.15) is 0 Å². The minimum Gasteiger partial charge on any atom is -0.769 e. The van der Waals surface area contributed by atoms with Gasteiger partial charge in [-0.1, -0.05) is 0 Å². The molecule has 1 aliphatic rings. The molecule has 1 aliphatic carbocycles. The topological polar surface area (TPSA) is 69.2 Å². The molecule has 1 atom stereocenters. The van der Waals surface area contributed by atoms with Crippen molar-refractivity contribution in [1.29, 1.82) is 0 Å². The van der Waals surface area contributed by atoms with Gasteiger partial charge in [0.05, 0.1) is 0 Å². The van der Waals surface area contributed by atoms with Gasteiger partial charge in [-0.3, -0.25) is 9.00 Å². The van der Waals surface area contributed by atoms with Crippen LogP contribution in [0.3, 0.4) is 0 Å². The van der Waals surface area contributed by atoms with Crippen molar-refractivity contribution in [3.8, 4) is 0 Å². The zero-order valence-electron chi connectivity index (χ0n) is 7.20. The quantitative estimate of drug-likeness (QED) is 0.662. The van der Waals surface area contributed by atoms with Gasteiger partial charge in [-0.05, 0) is 36.1 Å². The highest BCUT2D eigenvalue weighted by molar-refractivity contribution is 7.83. The van der Waals surface area contributed by atoms with Gasteiger partial charge in [0.25, 0.3) is 0 Å². The van der Waals surface area contributed by atoms with E-state index in [-0.39, 0.29) is 5.91 Å². The third-order valence-electron chi connectivity index (χ3n) is 1.66. The van der Waals surface area contributed by atoms with E-state index in [1.807, 2.05) is 0 Å². The van der Waals surface area contributed by atoms with E-state index >= 15 is 0 Å². The van der Waals surface area contributed by atoms with Gasteiger partial charge in [-0.25, -0.2) is 0 Å². The van der Waals surface area contributed by atoms with Crippen LogP contribution in [0.15, 0.2) is 22.8 Å². The second-order valence-electron chi connectivity index (χ2n) is 2.74. The summed E-state index contributed by atoms with van der Waals surface area (Å²) >= 11 is -2.13. The number of allylic oxidation sites excluding steroid dienone is 4. The molecule has 72 valence electrons. The molecule has 1 amide bonds. The Bertz CT molecular complexity index is 307. The Hall–Kier alpha value is -0.940. The van der Waals surface area contributed by atoms with Crippen molar-refractivity contribution in [2.24, 2.45) is 0 Å². The summed E-state index contributed by atoms with van der Waals surface area (Å²) in [6, 6.07) is 0. The highest BCUT2D eigenvalue weighted by Gasteiger charge is 2.07. The molecule has 1 rings (SSSR count). The van der Waals surface area contributed by atoms with Crippen LogP contribution in [0.5, 0.6) is 0 Å². The number of carbonyl (C=O) groups excluding carboxylic acids is 1. The predicted octanol–water partition coefficient (Wildman–Crippen LogP) is 0.563. The lowest BCUT2D eigenvalue weighted by atomic mass is 10.1. The van der Waals surface area contributed by atoms with Crippen LogP contribution >= 0.6 is 0 Å². The average molecular weight is 200 g/mol. The van der Waals surface area contributed by atoms with Gasteiger partial charge in [0.2, 0.25) is 5.91 Å². The molecule has 0 aromatic rings. The molecule has 1 unspecified atom stereocenters. The van der Waals surface area contributed by atoms with Crippen LogP contribution in [-0.4, -0.2) is 14.7 Å². The Morgan fingerprint density at radius 2 is 2.23 bits per heavy atom. The number of hydrogen-bond donors (Lipinski definition) is 1. The van der Waals surface area contributed by atoms with E-state index in [2.05, 4.69) is 5.32 Å². The third-order valence-corrected chi connectivity index (χ3v) is 2.43. The minimum atomic E-state index is -2.13. The lowest BCUT2D eigenvalue weighted by molar-refractivity contribution is -0.118. The standard InChI is InChI=1S/C8H11NO3S/c1-6(10)9-7-2-4-8(5-3-7)13(11)12/h2,4H,3,5H2,1H3,(H,9,10)(H,11,12)/p-1. The molecule has 0 spiro atoms. The molecule has 0 saturated carbocycles. The molecule has 0 aromatic carbocycles. The fourth-order valence-corrected chi connectivity index (χ4v) is 1.54. The van der Waals surface area contributed by atoms with Crippen molar-refractivity contribution >= 4 is 17.0 Å². The normalized spacial score (nSPS) is 18.6. The maximum atomic E-state index is 10.6. The number of amides is 1. The van der Waals surface area contributed by atoms with Gasteiger partial charge < -0.3 is 9.87 Å². The van der Waals surface area contributed by atoms with Crippen LogP contribution in [0, 0.1) is 0 Å². The molecule has 0 aromatic heterocycles. The van der Waals surface area contributed by atoms with E-state index in [1.165, 1.54) is 13.0 Å². The molecular formula is C8H10NO3S-. The first-order valence-corrected chi connectivity index (χ1v) is 4.93. The average Bonchev–Trinajstić information content (AvgIpc) is 2.04. The third kappa shape index (κ3) is 3.12. The van der Waals surface area contributed by atoms with E-state index in [4.69, 9.17) is 0 Å². The van der Waals surface area contributed by atoms with E-state index in [9.17, 15) is 13.6 Å². The van der Waals surface area contributed by atoms with Crippen LogP contribution in [0.1, 0.15) is 19.8 Å². The van der Waals surface area contributed by atoms with E-state index < -0.39 is 11.1 Å². The fourth-order valence-electron chi connectivity index (χ4n) is 1.09. The Morgan fingerprint density at radius 3 is 2.62 bits per heavy atom. The monoisotopic (exact) mass is 200 g/mol. The van der Waals surface area contributed by atoms with Gasteiger partial charge in [0.1, 0.15) is 0 Å². The largest absolute Gasteiger partial charge is 0.769 e. The van der Waals surface area contributed by atoms with Gasteiger partial charge in [0, 0.05) is 17.5 Å². The van der Waals surface area contributed by atoms with Crippen molar-refractivity contribution in [2.75, 3.05) is 0 Å². The van der Waals surface area contributed by atoms with Crippen LogP contribution < -0.4 is 5.32 Å². The first kappa shape index (κ1) is 10.1. The maximum absolute atomic E-state index is 10.6. The molecular weight excluding hydrogens is 190 g/mol. The molecule has 0 bridgehead atoms. The smallest absolute Gasteiger partial charge is 0.220 e. The Morgan fingerprint density at radius 1 is 1.54 bits per heavy atom. The Labute approximate surface area is 79.0 Å². The molecule has 5 heteroatoms. The summed E-state index contributed by atoms with van der Waals surface area (Å²) < 4.78 is 21.0. The molecule has 0 aliphatic heterocycles. The van der Waals surface area contributed by atoms with Crippen LogP contribution in [0.4, 0.5) is 0 Å². The van der Waals surface area contributed by atoms with Crippen LogP contribution in [0.25, 0.3) is 0 Å². The predicted molar refractivity (Wildman–Crippen MR) is 48.1 cm³/mol. The number of hydrogen-bond acceptors (Lipinski definition) is 3. The number of carbonyl (C=O) groups is 1. The summed E-state index contributed by atoms with van der Waals surface area (Å²) in [5.41, 5.74) is 0.765. The van der Waals surface area contributed by atoms with Gasteiger partial charge in [-0.15, -0.1) is 0 Å². The first-order valence-electron chi connectivity index (χ1n) is 3.86. The Kier molecular flexibility index (Phi) is 3.39. The summed E-state index contributed by atoms with van der Waals surface area (Å²) in [4.78, 5) is 11.0. The van der Waals surface area contributed by atoms with Gasteiger partial charge in [0.15, 0.2) is 0 Å². The number of nitrogens with one attached hydrogen (secondary N) is 1. The molecule has 1 N–H and O–H groups in total. The summed E-state index contributed by atoms with van der Waals surface area (Å²) in [7, 11) is 0. The SMILES string of the molecule is CC(=O)NC1=CC=C(S(=O)[O-])CC1. The summed E-state index contributed by atoms with van der Waals surface area (Å²) in [6.07, 6.45) is 4.16. The van der Waals surface area contributed by atoms with Crippen LogP contribution in [0.2, 0.25) is 0 Å². The van der Waals surface area contributed by atoms with E-state index in [1.54, 1.807) is 6.08 Å². The molecule has 0 radical (unpaired) electrons.